The summed E-state index contributed by atoms with van der Waals surface area (Å²) in [5.74, 6) is 0.415. The maximum absolute atomic E-state index is 12.6. The number of thioether (sulfide) groups is 1. The van der Waals surface area contributed by atoms with Crippen molar-refractivity contribution in [2.24, 2.45) is 0 Å². The SMILES string of the molecule is Cc1cc(C(=O)CSc2ncccn2)c(C)n1-c1ccc(Br)cc1. The van der Waals surface area contributed by atoms with Crippen molar-refractivity contribution >= 4 is 33.5 Å². The average Bonchev–Trinajstić information content (AvgIpc) is 2.89. The molecule has 0 bridgehead atoms. The zero-order valence-electron chi connectivity index (χ0n) is 13.4. The normalized spacial score (nSPS) is 10.8. The van der Waals surface area contributed by atoms with E-state index in [0.717, 1.165) is 27.1 Å². The van der Waals surface area contributed by atoms with Crippen LogP contribution in [0.4, 0.5) is 0 Å². The van der Waals surface area contributed by atoms with Gasteiger partial charge in [0.2, 0.25) is 0 Å². The van der Waals surface area contributed by atoms with Crippen LogP contribution in [-0.4, -0.2) is 26.1 Å². The Bertz CT molecular complexity index is 860. The predicted molar refractivity (Wildman–Crippen MR) is 100 cm³/mol. The van der Waals surface area contributed by atoms with E-state index in [1.54, 1.807) is 18.5 Å². The summed E-state index contributed by atoms with van der Waals surface area (Å²) in [5.41, 5.74) is 3.79. The van der Waals surface area contributed by atoms with Crippen molar-refractivity contribution < 1.29 is 4.79 Å². The first-order chi connectivity index (χ1) is 11.6. The van der Waals surface area contributed by atoms with Crippen LogP contribution in [0.5, 0.6) is 0 Å². The second-order valence-corrected chi connectivity index (χ2v) is 7.20. The lowest BCUT2D eigenvalue weighted by Crippen LogP contribution is -2.06. The van der Waals surface area contributed by atoms with Crippen LogP contribution in [0.25, 0.3) is 5.69 Å². The highest BCUT2D eigenvalue weighted by Crippen LogP contribution is 2.24. The molecule has 6 heteroatoms. The molecule has 0 unspecified atom stereocenters. The second kappa shape index (κ2) is 7.32. The summed E-state index contributed by atoms with van der Waals surface area (Å²) in [5, 5.41) is 0.618. The number of carbonyl (C=O) groups is 1. The highest BCUT2D eigenvalue weighted by atomic mass is 79.9. The number of aryl methyl sites for hydroxylation is 1. The third-order valence-electron chi connectivity index (χ3n) is 3.69. The van der Waals surface area contributed by atoms with Crippen LogP contribution in [0.15, 0.2) is 58.4 Å². The molecule has 0 aliphatic heterocycles. The standard InChI is InChI=1S/C18H16BrN3OS/c1-12-10-16(17(23)11-24-18-20-8-3-9-21-18)13(2)22(12)15-6-4-14(19)5-7-15/h3-10H,11H2,1-2H3. The van der Waals surface area contributed by atoms with Gasteiger partial charge in [-0.15, -0.1) is 0 Å². The van der Waals surface area contributed by atoms with E-state index in [1.807, 2.05) is 44.2 Å². The summed E-state index contributed by atoms with van der Waals surface area (Å²) in [4.78, 5) is 20.9. The average molecular weight is 402 g/mol. The third kappa shape index (κ3) is 3.60. The van der Waals surface area contributed by atoms with Gasteiger partial charge in [-0.1, -0.05) is 27.7 Å². The van der Waals surface area contributed by atoms with Crippen LogP contribution in [0, 0.1) is 13.8 Å². The van der Waals surface area contributed by atoms with E-state index in [-0.39, 0.29) is 5.78 Å². The van der Waals surface area contributed by atoms with Gasteiger partial charge in [-0.25, -0.2) is 9.97 Å². The molecule has 0 spiro atoms. The number of benzene rings is 1. The monoisotopic (exact) mass is 401 g/mol. The molecule has 0 fully saturated rings. The van der Waals surface area contributed by atoms with Crippen LogP contribution >= 0.6 is 27.7 Å². The van der Waals surface area contributed by atoms with E-state index in [4.69, 9.17) is 0 Å². The van der Waals surface area contributed by atoms with E-state index in [9.17, 15) is 4.79 Å². The Morgan fingerprint density at radius 3 is 2.50 bits per heavy atom. The van der Waals surface area contributed by atoms with Crippen molar-refractivity contribution in [3.8, 4) is 5.69 Å². The summed E-state index contributed by atoms with van der Waals surface area (Å²) in [7, 11) is 0. The van der Waals surface area contributed by atoms with E-state index in [1.165, 1.54) is 11.8 Å². The van der Waals surface area contributed by atoms with Gasteiger partial charge in [-0.05, 0) is 50.2 Å². The number of halogens is 1. The highest BCUT2D eigenvalue weighted by molar-refractivity contribution is 9.10. The molecule has 0 amide bonds. The van der Waals surface area contributed by atoms with Crippen molar-refractivity contribution in [1.29, 1.82) is 0 Å². The quantitative estimate of drug-likeness (QED) is 0.355. The molecule has 0 N–H and O–H groups in total. The third-order valence-corrected chi connectivity index (χ3v) is 5.10. The van der Waals surface area contributed by atoms with Crippen LogP contribution in [0.1, 0.15) is 21.7 Å². The van der Waals surface area contributed by atoms with Crippen molar-refractivity contribution in [3.05, 3.63) is 70.2 Å². The fraction of sp³-hybridized carbons (Fsp3) is 0.167. The lowest BCUT2D eigenvalue weighted by Gasteiger charge is -2.10. The number of aromatic nitrogens is 3. The topological polar surface area (TPSA) is 47.8 Å². The molecular weight excluding hydrogens is 386 g/mol. The van der Waals surface area contributed by atoms with E-state index >= 15 is 0 Å². The van der Waals surface area contributed by atoms with Gasteiger partial charge < -0.3 is 4.57 Å². The van der Waals surface area contributed by atoms with Crippen LogP contribution in [0.2, 0.25) is 0 Å². The Balaban J connectivity index is 1.83. The van der Waals surface area contributed by atoms with Crippen molar-refractivity contribution in [2.45, 2.75) is 19.0 Å². The van der Waals surface area contributed by atoms with E-state index in [2.05, 4.69) is 30.5 Å². The Morgan fingerprint density at radius 1 is 1.17 bits per heavy atom. The summed E-state index contributed by atoms with van der Waals surface area (Å²) < 4.78 is 3.13. The predicted octanol–water partition coefficient (Wildman–Crippen LogP) is 4.62. The second-order valence-electron chi connectivity index (χ2n) is 5.34. The number of carbonyl (C=O) groups excluding carboxylic acids is 1. The fourth-order valence-electron chi connectivity index (χ4n) is 2.60. The molecule has 4 nitrogen and oxygen atoms in total. The molecular formula is C18H16BrN3OS. The molecule has 2 aromatic heterocycles. The molecule has 0 saturated heterocycles. The van der Waals surface area contributed by atoms with Gasteiger partial charge in [0.15, 0.2) is 10.9 Å². The van der Waals surface area contributed by atoms with E-state index in [0.29, 0.717) is 10.9 Å². The molecule has 0 aliphatic rings. The number of nitrogens with zero attached hydrogens (tertiary/aromatic N) is 3. The molecule has 24 heavy (non-hydrogen) atoms. The first-order valence-corrected chi connectivity index (χ1v) is 9.22. The molecule has 2 heterocycles. The number of rotatable bonds is 5. The molecule has 0 radical (unpaired) electrons. The fourth-order valence-corrected chi connectivity index (χ4v) is 3.55. The van der Waals surface area contributed by atoms with Crippen molar-refractivity contribution in [2.75, 3.05) is 5.75 Å². The number of ketones is 1. The van der Waals surface area contributed by atoms with Gasteiger partial charge in [0.25, 0.3) is 0 Å². The van der Waals surface area contributed by atoms with Crippen molar-refractivity contribution in [1.82, 2.24) is 14.5 Å². The minimum Gasteiger partial charge on any atom is -0.318 e. The number of hydrogen-bond donors (Lipinski definition) is 0. The molecule has 3 rings (SSSR count). The summed E-state index contributed by atoms with van der Waals surface area (Å²) in [6.45, 7) is 3.99. The zero-order chi connectivity index (χ0) is 17.1. The summed E-state index contributed by atoms with van der Waals surface area (Å²) >= 11 is 4.81. The maximum atomic E-state index is 12.6. The van der Waals surface area contributed by atoms with Gasteiger partial charge in [-0.3, -0.25) is 4.79 Å². The largest absolute Gasteiger partial charge is 0.318 e. The lowest BCUT2D eigenvalue weighted by atomic mass is 10.2. The van der Waals surface area contributed by atoms with Gasteiger partial charge in [-0.2, -0.15) is 0 Å². The van der Waals surface area contributed by atoms with Crippen molar-refractivity contribution in [3.63, 3.8) is 0 Å². The Kier molecular flexibility index (Phi) is 5.16. The Hall–Kier alpha value is -1.92. The molecule has 0 saturated carbocycles. The Morgan fingerprint density at radius 2 is 1.83 bits per heavy atom. The van der Waals surface area contributed by atoms with Gasteiger partial charge in [0, 0.05) is 39.5 Å². The highest BCUT2D eigenvalue weighted by Gasteiger charge is 2.17. The van der Waals surface area contributed by atoms with Crippen LogP contribution < -0.4 is 0 Å². The zero-order valence-corrected chi connectivity index (χ0v) is 15.8. The van der Waals surface area contributed by atoms with Gasteiger partial charge in [0.1, 0.15) is 0 Å². The molecule has 1 aromatic carbocycles. The summed E-state index contributed by atoms with van der Waals surface area (Å²) in [6, 6.07) is 11.8. The van der Waals surface area contributed by atoms with Crippen LogP contribution in [0.3, 0.4) is 0 Å². The van der Waals surface area contributed by atoms with Gasteiger partial charge in [0.05, 0.1) is 5.75 Å². The maximum Gasteiger partial charge on any atom is 0.187 e. The summed E-state index contributed by atoms with van der Waals surface area (Å²) in [6.07, 6.45) is 3.36. The smallest absolute Gasteiger partial charge is 0.187 e. The minimum absolute atomic E-state index is 0.0870. The first-order valence-electron chi connectivity index (χ1n) is 7.44. The molecule has 0 aliphatic carbocycles. The van der Waals surface area contributed by atoms with Gasteiger partial charge >= 0.3 is 0 Å². The molecule has 0 atom stereocenters. The van der Waals surface area contributed by atoms with E-state index < -0.39 is 0 Å². The minimum atomic E-state index is 0.0870. The van der Waals surface area contributed by atoms with Crippen LogP contribution in [-0.2, 0) is 0 Å². The first kappa shape index (κ1) is 16.9. The number of hydrogen-bond acceptors (Lipinski definition) is 4. The number of Topliss-reactive ketones (excluding diaryl/α,β-unsaturated/α-hetero) is 1. The Labute approximate surface area is 153 Å². The molecule has 3 aromatic rings. The molecule has 122 valence electrons. The lowest BCUT2D eigenvalue weighted by molar-refractivity contribution is 0.102.